The Kier molecular flexibility index (Phi) is 4.25. The van der Waals surface area contributed by atoms with Gasteiger partial charge in [-0.15, -0.1) is 0 Å². The molecule has 72 valence electrons. The van der Waals surface area contributed by atoms with Crippen molar-refractivity contribution in [2.75, 3.05) is 12.0 Å². The SMILES string of the molecule is CSCCC(O)c1cncc(C)c1. The number of aromatic nitrogens is 1. The van der Waals surface area contributed by atoms with Crippen LogP contribution in [0.3, 0.4) is 0 Å². The molecule has 0 aromatic carbocycles. The molecule has 0 aliphatic rings. The van der Waals surface area contributed by atoms with E-state index in [1.807, 2.05) is 19.2 Å². The van der Waals surface area contributed by atoms with Crippen LogP contribution in [-0.4, -0.2) is 22.1 Å². The first-order chi connectivity index (χ1) is 6.24. The fourth-order valence-electron chi connectivity index (χ4n) is 1.16. The van der Waals surface area contributed by atoms with Crippen molar-refractivity contribution < 1.29 is 5.11 Å². The number of nitrogens with zero attached hydrogens (tertiary/aromatic N) is 1. The number of thioether (sulfide) groups is 1. The number of aryl methyl sites for hydroxylation is 1. The maximum absolute atomic E-state index is 9.72. The lowest BCUT2D eigenvalue weighted by Gasteiger charge is -2.09. The van der Waals surface area contributed by atoms with Crippen molar-refractivity contribution in [2.45, 2.75) is 19.4 Å². The first kappa shape index (κ1) is 10.5. The topological polar surface area (TPSA) is 33.1 Å². The van der Waals surface area contributed by atoms with Gasteiger partial charge in [0.25, 0.3) is 0 Å². The van der Waals surface area contributed by atoms with E-state index in [0.717, 1.165) is 23.3 Å². The maximum atomic E-state index is 9.72. The molecule has 0 fully saturated rings. The van der Waals surface area contributed by atoms with Crippen molar-refractivity contribution in [3.63, 3.8) is 0 Å². The zero-order valence-electron chi connectivity index (χ0n) is 8.03. The van der Waals surface area contributed by atoms with Gasteiger partial charge in [0.15, 0.2) is 0 Å². The van der Waals surface area contributed by atoms with Crippen LogP contribution < -0.4 is 0 Å². The van der Waals surface area contributed by atoms with Gasteiger partial charge in [-0.3, -0.25) is 4.98 Å². The summed E-state index contributed by atoms with van der Waals surface area (Å²) >= 11 is 1.75. The predicted molar refractivity (Wildman–Crippen MR) is 56.9 cm³/mol. The molecule has 1 atom stereocenters. The van der Waals surface area contributed by atoms with Gasteiger partial charge in [0.2, 0.25) is 0 Å². The Bertz CT molecular complexity index is 265. The monoisotopic (exact) mass is 197 g/mol. The van der Waals surface area contributed by atoms with Crippen LogP contribution in [0.1, 0.15) is 23.7 Å². The molecule has 0 aliphatic carbocycles. The minimum Gasteiger partial charge on any atom is -0.388 e. The minimum atomic E-state index is -0.361. The highest BCUT2D eigenvalue weighted by Crippen LogP contribution is 2.17. The molecule has 1 unspecified atom stereocenters. The molecule has 0 saturated heterocycles. The van der Waals surface area contributed by atoms with Crippen LogP contribution in [0, 0.1) is 6.92 Å². The summed E-state index contributed by atoms with van der Waals surface area (Å²) in [6.07, 6.45) is 6.01. The van der Waals surface area contributed by atoms with Gasteiger partial charge in [-0.25, -0.2) is 0 Å². The Morgan fingerprint density at radius 1 is 1.54 bits per heavy atom. The Labute approximate surface area is 83.4 Å². The van der Waals surface area contributed by atoms with Crippen LogP contribution in [0.15, 0.2) is 18.5 Å². The van der Waals surface area contributed by atoms with Crippen LogP contribution in [0.4, 0.5) is 0 Å². The number of hydrogen-bond acceptors (Lipinski definition) is 3. The molecule has 0 aliphatic heterocycles. The van der Waals surface area contributed by atoms with E-state index in [1.54, 1.807) is 24.2 Å². The molecule has 13 heavy (non-hydrogen) atoms. The van der Waals surface area contributed by atoms with Crippen molar-refractivity contribution in [1.82, 2.24) is 4.98 Å². The molecule has 2 nitrogen and oxygen atoms in total. The van der Waals surface area contributed by atoms with Crippen molar-refractivity contribution >= 4 is 11.8 Å². The van der Waals surface area contributed by atoms with E-state index in [9.17, 15) is 5.11 Å². The van der Waals surface area contributed by atoms with E-state index in [2.05, 4.69) is 4.98 Å². The van der Waals surface area contributed by atoms with E-state index in [1.165, 1.54) is 0 Å². The van der Waals surface area contributed by atoms with Crippen LogP contribution >= 0.6 is 11.8 Å². The highest BCUT2D eigenvalue weighted by molar-refractivity contribution is 7.98. The summed E-state index contributed by atoms with van der Waals surface area (Å²) in [4.78, 5) is 4.05. The van der Waals surface area contributed by atoms with Gasteiger partial charge in [-0.05, 0) is 36.5 Å². The van der Waals surface area contributed by atoms with E-state index in [-0.39, 0.29) is 6.10 Å². The van der Waals surface area contributed by atoms with Crippen molar-refractivity contribution in [3.05, 3.63) is 29.6 Å². The van der Waals surface area contributed by atoms with Gasteiger partial charge in [-0.2, -0.15) is 11.8 Å². The summed E-state index contributed by atoms with van der Waals surface area (Å²) in [7, 11) is 0. The highest BCUT2D eigenvalue weighted by atomic mass is 32.2. The third-order valence-electron chi connectivity index (χ3n) is 1.88. The summed E-state index contributed by atoms with van der Waals surface area (Å²) in [6.45, 7) is 1.98. The molecule has 0 amide bonds. The fourth-order valence-corrected chi connectivity index (χ4v) is 1.62. The summed E-state index contributed by atoms with van der Waals surface area (Å²) in [5, 5.41) is 9.72. The predicted octanol–water partition coefficient (Wildman–Crippen LogP) is 2.18. The molecule has 1 rings (SSSR count). The summed E-state index contributed by atoms with van der Waals surface area (Å²) in [5.74, 6) is 0.981. The molecular weight excluding hydrogens is 182 g/mol. The molecule has 1 aromatic heterocycles. The molecular formula is C10H15NOS. The number of hydrogen-bond donors (Lipinski definition) is 1. The average Bonchev–Trinajstić information content (AvgIpc) is 2.14. The van der Waals surface area contributed by atoms with E-state index in [0.29, 0.717) is 0 Å². The lowest BCUT2D eigenvalue weighted by Crippen LogP contribution is -1.99. The molecule has 3 heteroatoms. The third kappa shape index (κ3) is 3.36. The summed E-state index contributed by atoms with van der Waals surface area (Å²) < 4.78 is 0. The molecule has 0 saturated carbocycles. The van der Waals surface area contributed by atoms with E-state index < -0.39 is 0 Å². The van der Waals surface area contributed by atoms with E-state index in [4.69, 9.17) is 0 Å². The molecule has 0 spiro atoms. The van der Waals surface area contributed by atoms with Crippen LogP contribution in [0.2, 0.25) is 0 Å². The lowest BCUT2D eigenvalue weighted by atomic mass is 10.1. The first-order valence-corrected chi connectivity index (χ1v) is 5.72. The Balaban J connectivity index is 2.60. The smallest absolute Gasteiger partial charge is 0.0812 e. The zero-order valence-corrected chi connectivity index (χ0v) is 8.84. The molecule has 1 heterocycles. The van der Waals surface area contributed by atoms with Crippen molar-refractivity contribution in [2.24, 2.45) is 0 Å². The van der Waals surface area contributed by atoms with Crippen LogP contribution in [-0.2, 0) is 0 Å². The van der Waals surface area contributed by atoms with Gasteiger partial charge in [0.05, 0.1) is 6.10 Å². The van der Waals surface area contributed by atoms with Gasteiger partial charge in [0, 0.05) is 12.4 Å². The van der Waals surface area contributed by atoms with E-state index >= 15 is 0 Å². The number of rotatable bonds is 4. The standard InChI is InChI=1S/C10H15NOS/c1-8-5-9(7-11-6-8)10(12)3-4-13-2/h5-7,10,12H,3-4H2,1-2H3. The zero-order chi connectivity index (χ0) is 9.68. The molecule has 1 N–H and O–H groups in total. The van der Waals surface area contributed by atoms with Crippen molar-refractivity contribution in [3.8, 4) is 0 Å². The van der Waals surface area contributed by atoms with Gasteiger partial charge >= 0.3 is 0 Å². The van der Waals surface area contributed by atoms with Crippen LogP contribution in [0.5, 0.6) is 0 Å². The Morgan fingerprint density at radius 3 is 2.92 bits per heavy atom. The Hall–Kier alpha value is -0.540. The Morgan fingerprint density at radius 2 is 2.31 bits per heavy atom. The largest absolute Gasteiger partial charge is 0.388 e. The number of pyridine rings is 1. The van der Waals surface area contributed by atoms with Gasteiger partial charge < -0.3 is 5.11 Å². The summed E-state index contributed by atoms with van der Waals surface area (Å²) in [6, 6.07) is 1.98. The molecule has 1 aromatic rings. The fraction of sp³-hybridized carbons (Fsp3) is 0.500. The quantitative estimate of drug-likeness (QED) is 0.803. The second kappa shape index (κ2) is 5.25. The number of aliphatic hydroxyl groups is 1. The highest BCUT2D eigenvalue weighted by Gasteiger charge is 2.06. The normalized spacial score (nSPS) is 12.8. The second-order valence-electron chi connectivity index (χ2n) is 3.09. The van der Waals surface area contributed by atoms with Crippen molar-refractivity contribution in [1.29, 1.82) is 0 Å². The number of aliphatic hydroxyl groups excluding tert-OH is 1. The lowest BCUT2D eigenvalue weighted by molar-refractivity contribution is 0.174. The second-order valence-corrected chi connectivity index (χ2v) is 4.08. The van der Waals surface area contributed by atoms with Gasteiger partial charge in [0.1, 0.15) is 0 Å². The minimum absolute atomic E-state index is 0.361. The summed E-state index contributed by atoms with van der Waals surface area (Å²) in [5.41, 5.74) is 2.02. The third-order valence-corrected chi connectivity index (χ3v) is 2.52. The maximum Gasteiger partial charge on any atom is 0.0812 e. The first-order valence-electron chi connectivity index (χ1n) is 4.32. The molecule has 0 bridgehead atoms. The van der Waals surface area contributed by atoms with Gasteiger partial charge in [-0.1, -0.05) is 6.07 Å². The molecule has 0 radical (unpaired) electrons. The van der Waals surface area contributed by atoms with Crippen LogP contribution in [0.25, 0.3) is 0 Å². The average molecular weight is 197 g/mol.